The monoisotopic (exact) mass is 1150 g/mol. The van der Waals surface area contributed by atoms with E-state index in [2.05, 4.69) is 37.4 Å². The Kier molecular flexibility index (Phi) is 16.7. The molecular weight excluding hydrogens is 1080 g/mol. The van der Waals surface area contributed by atoms with Crippen LogP contribution in [0.4, 0.5) is 21.0 Å². The summed E-state index contributed by atoms with van der Waals surface area (Å²) in [7, 11) is 9.49. The summed E-state index contributed by atoms with van der Waals surface area (Å²) in [4.78, 5) is 90.9. The van der Waals surface area contributed by atoms with Gasteiger partial charge in [0, 0.05) is 131 Å². The number of hydrogen-bond acceptors (Lipinski definition) is 17. The number of ether oxygens (including phenoxy) is 6. The second-order valence-corrected chi connectivity index (χ2v) is 22.8. The molecule has 10 rings (SSSR count). The van der Waals surface area contributed by atoms with Crippen LogP contribution in [0.25, 0.3) is 11.3 Å². The average Bonchev–Trinajstić information content (AvgIpc) is 1.48. The van der Waals surface area contributed by atoms with Gasteiger partial charge in [-0.15, -0.1) is 5.10 Å². The predicted molar refractivity (Wildman–Crippen MR) is 311 cm³/mol. The molecular formula is C62H70N10O12. The molecule has 2 saturated heterocycles. The van der Waals surface area contributed by atoms with Crippen LogP contribution in [0.3, 0.4) is 0 Å². The number of amides is 2. The molecule has 1 spiro atoms. The number of aryl methyl sites for hydroxylation is 1. The van der Waals surface area contributed by atoms with Gasteiger partial charge in [-0.25, -0.2) is 19.2 Å². The van der Waals surface area contributed by atoms with E-state index in [0.717, 1.165) is 47.5 Å². The Bertz CT molecular complexity index is 3610. The summed E-state index contributed by atoms with van der Waals surface area (Å²) in [5, 5.41) is 11.1. The third kappa shape index (κ3) is 12.4. The first-order valence-electron chi connectivity index (χ1n) is 28.2. The number of carbonyl (C=O) groups is 4. The van der Waals surface area contributed by atoms with Crippen molar-refractivity contribution >= 4 is 35.5 Å². The van der Waals surface area contributed by atoms with Crippen LogP contribution in [0.2, 0.25) is 0 Å². The molecule has 4 aliphatic heterocycles. The van der Waals surface area contributed by atoms with Crippen LogP contribution >= 0.6 is 0 Å². The Balaban J connectivity index is 0.786. The zero-order chi connectivity index (χ0) is 59.6. The smallest absolute Gasteiger partial charge is 0.456 e. The van der Waals surface area contributed by atoms with E-state index in [1.165, 1.54) is 16.8 Å². The maximum Gasteiger partial charge on any atom is 0.508 e. The number of rotatable bonds is 15. The van der Waals surface area contributed by atoms with Crippen molar-refractivity contribution in [2.24, 2.45) is 7.05 Å². The lowest BCUT2D eigenvalue weighted by Crippen LogP contribution is -2.51. The van der Waals surface area contributed by atoms with Gasteiger partial charge in [-0.3, -0.25) is 28.7 Å². The maximum atomic E-state index is 13.9. The Morgan fingerprint density at radius 1 is 0.893 bits per heavy atom. The Hall–Kier alpha value is -8.94. The van der Waals surface area contributed by atoms with Crippen LogP contribution in [0.5, 0.6) is 11.5 Å². The molecule has 2 aromatic heterocycles. The molecule has 2 amide bonds. The number of nitrogens with one attached hydrogen (secondary N) is 2. The van der Waals surface area contributed by atoms with Crippen LogP contribution in [0.1, 0.15) is 115 Å². The van der Waals surface area contributed by atoms with E-state index in [9.17, 15) is 28.8 Å². The SMILES string of the molecule is CC[C@H]1O[C@@H](n2cc(C#CCNC(=O)c3ccc4c(c3)C3(OC4=O)c4ccc(N(C)C)cc4Oc4cc(N(C)C)ccc43)c(=O)[nH]c2=O)CC1OC(=O)OCCN(Cc1ccc(-c2cn(C)nn2)cc1)CC1CCCCN1C(=O)OC(C)(C)C. The highest BCUT2D eigenvalue weighted by Crippen LogP contribution is 2.57. The molecule has 0 saturated carbocycles. The van der Waals surface area contributed by atoms with E-state index in [1.54, 1.807) is 21.7 Å². The van der Waals surface area contributed by atoms with Crippen molar-refractivity contribution in [2.45, 2.75) is 102 Å². The molecule has 2 unspecified atom stereocenters. The molecule has 0 aliphatic carbocycles. The summed E-state index contributed by atoms with van der Waals surface area (Å²) in [6.07, 6.45) is 2.62. The fraction of sp³-hybridized carbons (Fsp3) is 0.419. The van der Waals surface area contributed by atoms with Crippen molar-refractivity contribution in [1.82, 2.24) is 39.7 Å². The van der Waals surface area contributed by atoms with Crippen molar-refractivity contribution in [2.75, 3.05) is 70.8 Å². The fourth-order valence-electron chi connectivity index (χ4n) is 11.1. The molecule has 22 heteroatoms. The molecule has 0 radical (unpaired) electrons. The lowest BCUT2D eigenvalue weighted by atomic mass is 9.77. The highest BCUT2D eigenvalue weighted by Gasteiger charge is 2.54. The molecule has 0 bridgehead atoms. The van der Waals surface area contributed by atoms with Crippen molar-refractivity contribution in [3.63, 3.8) is 0 Å². The number of hydrogen-bond donors (Lipinski definition) is 2. The highest BCUT2D eigenvalue weighted by atomic mass is 16.7. The summed E-state index contributed by atoms with van der Waals surface area (Å²) in [5.74, 6) is 5.54. The molecule has 4 aromatic carbocycles. The number of aromatic nitrogens is 5. The van der Waals surface area contributed by atoms with Crippen LogP contribution in [-0.4, -0.2) is 143 Å². The summed E-state index contributed by atoms with van der Waals surface area (Å²) in [6, 6.07) is 24.0. The van der Waals surface area contributed by atoms with E-state index in [0.29, 0.717) is 66.4 Å². The van der Waals surface area contributed by atoms with Crippen LogP contribution < -0.4 is 31.1 Å². The van der Waals surface area contributed by atoms with Crippen LogP contribution in [0, 0.1) is 11.8 Å². The zero-order valence-electron chi connectivity index (χ0n) is 48.7. The predicted octanol–water partition coefficient (Wildman–Crippen LogP) is 7.32. The number of esters is 1. The van der Waals surface area contributed by atoms with Crippen molar-refractivity contribution in [1.29, 1.82) is 0 Å². The largest absolute Gasteiger partial charge is 0.508 e. The van der Waals surface area contributed by atoms with Gasteiger partial charge in [0.2, 0.25) is 0 Å². The number of nitrogens with zero attached hydrogens (tertiary/aromatic N) is 8. The number of fused-ring (bicyclic) bond motifs is 6. The quantitative estimate of drug-likeness (QED) is 0.0582. The normalized spacial score (nSPS) is 18.4. The number of likely N-dealkylation sites (tertiary alicyclic amines) is 1. The molecule has 84 heavy (non-hydrogen) atoms. The minimum absolute atomic E-state index is 0.0223. The number of carbonyl (C=O) groups excluding carboxylic acids is 4. The summed E-state index contributed by atoms with van der Waals surface area (Å²) in [6.45, 7) is 9.10. The van der Waals surface area contributed by atoms with Gasteiger partial charge >= 0.3 is 23.9 Å². The van der Waals surface area contributed by atoms with Gasteiger partial charge in [0.25, 0.3) is 11.5 Å². The number of anilines is 2. The summed E-state index contributed by atoms with van der Waals surface area (Å²) in [5.41, 5.74) is 2.99. The van der Waals surface area contributed by atoms with Crippen molar-refractivity contribution < 1.29 is 47.6 Å². The number of aromatic amines is 1. The second kappa shape index (κ2) is 24.1. The molecule has 4 aliphatic rings. The van der Waals surface area contributed by atoms with Crippen molar-refractivity contribution in [3.8, 4) is 34.6 Å². The lowest BCUT2D eigenvalue weighted by Gasteiger charge is -2.39. The highest BCUT2D eigenvalue weighted by molar-refractivity contribution is 6.01. The zero-order valence-corrected chi connectivity index (χ0v) is 48.7. The van der Waals surface area contributed by atoms with E-state index in [-0.39, 0.29) is 42.8 Å². The Labute approximate surface area is 486 Å². The van der Waals surface area contributed by atoms with Gasteiger partial charge in [-0.1, -0.05) is 48.2 Å². The molecule has 6 heterocycles. The first-order chi connectivity index (χ1) is 40.2. The number of piperidine rings is 1. The van der Waals surface area contributed by atoms with Crippen molar-refractivity contribution in [3.05, 3.63) is 151 Å². The first kappa shape index (κ1) is 58.3. The minimum atomic E-state index is -1.43. The molecule has 4 atom stereocenters. The standard InChI is InChI=1S/C62H70N10O12/c1-10-50-53(82-60(78)79-29-28-70(34-38-16-18-39(19-17-38)49-37-69(9)66-65-49)36-44-15-11-12-27-71(44)59(77)84-61(2,3)4)33-54(81-50)72-35-41(56(74)64-58(72)76)14-13-26-63-55(73)40-20-23-45-48(30-40)62(83-57(45)75)46-24-21-42(67(5)6)31-51(46)80-52-32-43(68(7)8)22-25-47(52)62/h16-25,30-32,35,37,44,50,53-54H,10-12,15,26-29,33-34,36H2,1-9H3,(H,63,73)(H,64,74,76)/t44?,50-,53?,54-/m1/s1. The van der Waals surface area contributed by atoms with Crippen LogP contribution in [0.15, 0.2) is 101 Å². The Morgan fingerprint density at radius 2 is 1.61 bits per heavy atom. The second-order valence-electron chi connectivity index (χ2n) is 22.8. The van der Waals surface area contributed by atoms with E-state index >= 15 is 0 Å². The Morgan fingerprint density at radius 3 is 2.26 bits per heavy atom. The van der Waals surface area contributed by atoms with Gasteiger partial charge in [-0.2, -0.15) is 0 Å². The molecule has 440 valence electrons. The molecule has 2 N–H and O–H groups in total. The van der Waals surface area contributed by atoms with E-state index in [1.807, 2.05) is 140 Å². The topological polar surface area (TPSA) is 234 Å². The van der Waals surface area contributed by atoms with Gasteiger partial charge in [-0.05, 0) is 94.5 Å². The minimum Gasteiger partial charge on any atom is -0.456 e. The third-order valence-electron chi connectivity index (χ3n) is 15.3. The summed E-state index contributed by atoms with van der Waals surface area (Å²) < 4.78 is 39.3. The van der Waals surface area contributed by atoms with Gasteiger partial charge < -0.3 is 48.4 Å². The third-order valence-corrected chi connectivity index (χ3v) is 15.3. The fourth-order valence-corrected chi connectivity index (χ4v) is 11.1. The van der Waals surface area contributed by atoms with Crippen LogP contribution in [-0.2, 0) is 42.9 Å². The van der Waals surface area contributed by atoms with Gasteiger partial charge in [0.1, 0.15) is 47.3 Å². The number of H-pyrrole nitrogens is 1. The van der Waals surface area contributed by atoms with E-state index < -0.39 is 58.9 Å². The maximum absolute atomic E-state index is 13.9. The molecule has 22 nitrogen and oxygen atoms in total. The molecule has 6 aromatic rings. The first-order valence-corrected chi connectivity index (χ1v) is 28.2. The molecule has 2 fully saturated rings. The lowest BCUT2D eigenvalue weighted by molar-refractivity contribution is -0.0386. The summed E-state index contributed by atoms with van der Waals surface area (Å²) >= 11 is 0. The number of benzene rings is 4. The van der Waals surface area contributed by atoms with E-state index in [4.69, 9.17) is 28.4 Å². The average molecular weight is 1150 g/mol. The van der Waals surface area contributed by atoms with Gasteiger partial charge in [0.05, 0.1) is 24.4 Å². The van der Waals surface area contributed by atoms with Gasteiger partial charge in [0.15, 0.2) is 5.60 Å².